The van der Waals surface area contributed by atoms with Crippen LogP contribution in [0, 0.1) is 17.0 Å². The summed E-state index contributed by atoms with van der Waals surface area (Å²) in [5, 5.41) is 21.9. The summed E-state index contributed by atoms with van der Waals surface area (Å²) in [5.74, 6) is -2.15. The maximum Gasteiger partial charge on any atom is 0.342 e. The van der Waals surface area contributed by atoms with E-state index in [1.54, 1.807) is 6.92 Å². The Hall–Kier alpha value is -3.46. The van der Waals surface area contributed by atoms with E-state index in [4.69, 9.17) is 9.47 Å². The van der Waals surface area contributed by atoms with Gasteiger partial charge in [0.05, 0.1) is 23.2 Å². The van der Waals surface area contributed by atoms with Gasteiger partial charge in [0.1, 0.15) is 17.9 Å². The highest BCUT2D eigenvalue weighted by molar-refractivity contribution is 6.09. The molecule has 0 saturated carbocycles. The molecule has 0 heterocycles. The summed E-state index contributed by atoms with van der Waals surface area (Å²) in [7, 11) is 4.74. The Bertz CT molecular complexity index is 954. The number of esters is 2. The lowest BCUT2D eigenvalue weighted by Gasteiger charge is -2.18. The predicted octanol–water partition coefficient (Wildman–Crippen LogP) is 2.78. The molecule has 0 aliphatic rings. The van der Waals surface area contributed by atoms with Crippen LogP contribution in [0.25, 0.3) is 11.1 Å². The number of carbonyl (C=O) groups excluding carboxylic acids is 2. The number of nitro groups is 1. The fourth-order valence-corrected chi connectivity index (χ4v) is 2.88. The second-order valence-electron chi connectivity index (χ2n) is 6.54. The summed E-state index contributed by atoms with van der Waals surface area (Å²) in [6, 6.07) is 6.87. The number of hydrogen-bond donors (Lipinski definition) is 1. The molecule has 0 amide bonds. The Morgan fingerprint density at radius 3 is 2.41 bits per heavy atom. The molecule has 0 spiro atoms. The molecule has 0 fully saturated rings. The molecule has 0 aliphatic heterocycles. The van der Waals surface area contributed by atoms with E-state index in [-0.39, 0.29) is 34.5 Å². The number of benzene rings is 2. The Kier molecular flexibility index (Phi) is 6.89. The Morgan fingerprint density at radius 2 is 1.83 bits per heavy atom. The maximum absolute atomic E-state index is 12.9. The fraction of sp³-hybridized carbons (Fsp3) is 0.300. The standard InChI is InChI=1S/C20H22N2O7/c1-12-11-15(23)18(19(24)28-4)17(13-7-5-6-8-14(13)22(26)27)16(12)20(25)29-10-9-21(2)3/h5-8,11,23H,9-10H2,1-4H3. The van der Waals surface area contributed by atoms with Crippen LogP contribution in [-0.4, -0.2) is 61.2 Å². The Morgan fingerprint density at radius 1 is 1.17 bits per heavy atom. The van der Waals surface area contributed by atoms with Crippen LogP contribution in [0.3, 0.4) is 0 Å². The number of phenols is 1. The van der Waals surface area contributed by atoms with Crippen LogP contribution < -0.4 is 0 Å². The van der Waals surface area contributed by atoms with Crippen LogP contribution in [0.2, 0.25) is 0 Å². The third kappa shape index (κ3) is 4.69. The van der Waals surface area contributed by atoms with Crippen molar-refractivity contribution in [3.63, 3.8) is 0 Å². The van der Waals surface area contributed by atoms with E-state index in [0.717, 1.165) is 7.11 Å². The molecule has 29 heavy (non-hydrogen) atoms. The average Bonchev–Trinajstić information content (AvgIpc) is 2.66. The topological polar surface area (TPSA) is 119 Å². The highest BCUT2D eigenvalue weighted by atomic mass is 16.6. The number of nitro benzene ring substituents is 1. The summed E-state index contributed by atoms with van der Waals surface area (Å²) in [6.07, 6.45) is 0. The molecular weight excluding hydrogens is 380 g/mol. The van der Waals surface area contributed by atoms with Crippen molar-refractivity contribution in [2.75, 3.05) is 34.4 Å². The normalized spacial score (nSPS) is 10.7. The molecule has 2 aromatic carbocycles. The van der Waals surface area contributed by atoms with Crippen LogP contribution >= 0.6 is 0 Å². The number of aryl methyl sites for hydroxylation is 1. The van der Waals surface area contributed by atoms with Gasteiger partial charge in [-0.05, 0) is 38.7 Å². The van der Waals surface area contributed by atoms with E-state index in [9.17, 15) is 24.8 Å². The molecule has 0 aromatic heterocycles. The van der Waals surface area contributed by atoms with Gasteiger partial charge in [-0.2, -0.15) is 0 Å². The molecule has 0 unspecified atom stereocenters. The van der Waals surface area contributed by atoms with Crippen LogP contribution in [0.1, 0.15) is 26.3 Å². The summed E-state index contributed by atoms with van der Waals surface area (Å²) in [6.45, 7) is 2.09. The van der Waals surface area contributed by atoms with Crippen LogP contribution in [0.5, 0.6) is 5.75 Å². The zero-order valence-corrected chi connectivity index (χ0v) is 16.6. The minimum absolute atomic E-state index is 0.00328. The first-order valence-corrected chi connectivity index (χ1v) is 8.69. The van der Waals surface area contributed by atoms with Crippen molar-refractivity contribution in [1.82, 2.24) is 4.90 Å². The lowest BCUT2D eigenvalue weighted by Crippen LogP contribution is -2.21. The fourth-order valence-electron chi connectivity index (χ4n) is 2.88. The van der Waals surface area contributed by atoms with Crippen LogP contribution in [-0.2, 0) is 9.47 Å². The smallest absolute Gasteiger partial charge is 0.342 e. The highest BCUT2D eigenvalue weighted by Gasteiger charge is 2.31. The van der Waals surface area contributed by atoms with Gasteiger partial charge in [-0.15, -0.1) is 0 Å². The van der Waals surface area contributed by atoms with Crippen molar-refractivity contribution < 1.29 is 29.1 Å². The van der Waals surface area contributed by atoms with Crippen molar-refractivity contribution in [3.05, 3.63) is 57.1 Å². The summed E-state index contributed by atoms with van der Waals surface area (Å²) in [5.41, 5.74) is -0.515. The van der Waals surface area contributed by atoms with Gasteiger partial charge in [0.25, 0.3) is 5.69 Å². The summed E-state index contributed by atoms with van der Waals surface area (Å²) in [4.78, 5) is 38.0. The Balaban J connectivity index is 2.79. The molecule has 9 heteroatoms. The van der Waals surface area contributed by atoms with Crippen LogP contribution in [0.15, 0.2) is 30.3 Å². The van der Waals surface area contributed by atoms with Gasteiger partial charge in [-0.3, -0.25) is 10.1 Å². The van der Waals surface area contributed by atoms with E-state index < -0.39 is 22.6 Å². The SMILES string of the molecule is COC(=O)c1c(O)cc(C)c(C(=O)OCCN(C)C)c1-c1ccccc1[N+](=O)[O-]. The second kappa shape index (κ2) is 9.16. The molecule has 1 N–H and O–H groups in total. The van der Waals surface area contributed by atoms with Gasteiger partial charge in [-0.1, -0.05) is 12.1 Å². The van der Waals surface area contributed by atoms with Gasteiger partial charge in [-0.25, -0.2) is 9.59 Å². The number of phenolic OH excluding ortho intramolecular Hbond substituents is 1. The van der Waals surface area contributed by atoms with E-state index >= 15 is 0 Å². The van der Waals surface area contributed by atoms with Gasteiger partial charge < -0.3 is 19.5 Å². The molecule has 2 rings (SSSR count). The number of methoxy groups -OCH3 is 1. The number of ether oxygens (including phenoxy) is 2. The molecule has 0 saturated heterocycles. The lowest BCUT2D eigenvalue weighted by molar-refractivity contribution is -0.384. The number of nitrogens with zero attached hydrogens (tertiary/aromatic N) is 2. The Labute approximate surface area is 167 Å². The van der Waals surface area contributed by atoms with Crippen molar-refractivity contribution >= 4 is 17.6 Å². The molecule has 0 aliphatic carbocycles. The minimum atomic E-state index is -0.932. The molecule has 0 atom stereocenters. The summed E-state index contributed by atoms with van der Waals surface area (Å²) >= 11 is 0. The van der Waals surface area contributed by atoms with E-state index in [1.807, 2.05) is 19.0 Å². The molecule has 9 nitrogen and oxygen atoms in total. The van der Waals surface area contributed by atoms with Crippen LogP contribution in [0.4, 0.5) is 5.69 Å². The third-order valence-corrected chi connectivity index (χ3v) is 4.24. The maximum atomic E-state index is 12.9. The quantitative estimate of drug-likeness (QED) is 0.427. The highest BCUT2D eigenvalue weighted by Crippen LogP contribution is 2.40. The number of hydrogen-bond acceptors (Lipinski definition) is 8. The van der Waals surface area contributed by atoms with E-state index in [1.165, 1.54) is 30.3 Å². The monoisotopic (exact) mass is 402 g/mol. The number of aromatic hydroxyl groups is 1. The zero-order valence-electron chi connectivity index (χ0n) is 16.6. The van der Waals surface area contributed by atoms with E-state index in [2.05, 4.69) is 0 Å². The van der Waals surface area contributed by atoms with Crippen molar-refractivity contribution in [1.29, 1.82) is 0 Å². The average molecular weight is 402 g/mol. The third-order valence-electron chi connectivity index (χ3n) is 4.24. The molecule has 154 valence electrons. The number of carbonyl (C=O) groups is 2. The summed E-state index contributed by atoms with van der Waals surface area (Å²) < 4.78 is 10.0. The van der Waals surface area contributed by atoms with Gasteiger partial charge in [0.2, 0.25) is 0 Å². The van der Waals surface area contributed by atoms with Crippen molar-refractivity contribution in [3.8, 4) is 16.9 Å². The van der Waals surface area contributed by atoms with Gasteiger partial charge >= 0.3 is 11.9 Å². The van der Waals surface area contributed by atoms with Gasteiger partial charge in [0.15, 0.2) is 0 Å². The van der Waals surface area contributed by atoms with Crippen molar-refractivity contribution in [2.24, 2.45) is 0 Å². The molecular formula is C20H22N2O7. The van der Waals surface area contributed by atoms with Crippen molar-refractivity contribution in [2.45, 2.75) is 6.92 Å². The second-order valence-corrected chi connectivity index (χ2v) is 6.54. The number of likely N-dealkylation sites (N-methyl/N-ethyl adjacent to an activating group) is 1. The first kappa shape index (κ1) is 21.8. The largest absolute Gasteiger partial charge is 0.507 e. The number of rotatable bonds is 7. The lowest BCUT2D eigenvalue weighted by atomic mass is 9.89. The van der Waals surface area contributed by atoms with Gasteiger partial charge in [0, 0.05) is 18.2 Å². The first-order chi connectivity index (χ1) is 13.7. The number of para-hydroxylation sites is 1. The minimum Gasteiger partial charge on any atom is -0.507 e. The first-order valence-electron chi connectivity index (χ1n) is 8.69. The zero-order chi connectivity index (χ0) is 21.7. The molecule has 0 bridgehead atoms. The van der Waals surface area contributed by atoms with E-state index in [0.29, 0.717) is 12.1 Å². The molecule has 0 radical (unpaired) electrons. The predicted molar refractivity (Wildman–Crippen MR) is 105 cm³/mol. The molecule has 2 aromatic rings.